The third-order valence-corrected chi connectivity index (χ3v) is 4.24. The quantitative estimate of drug-likeness (QED) is 0.810. The van der Waals surface area contributed by atoms with E-state index in [-0.39, 0.29) is 11.3 Å². The summed E-state index contributed by atoms with van der Waals surface area (Å²) in [5, 5.41) is 2.82. The van der Waals surface area contributed by atoms with Gasteiger partial charge in [-0.1, -0.05) is 49.6 Å². The summed E-state index contributed by atoms with van der Waals surface area (Å²) in [6, 6.07) is 9.88. The molecule has 0 aliphatic heterocycles. The molecule has 0 spiro atoms. The number of carbonyl (C=O) groups is 1. The molecule has 0 heterocycles. The van der Waals surface area contributed by atoms with E-state index in [1.54, 1.807) is 0 Å². The van der Waals surface area contributed by atoms with E-state index < -0.39 is 0 Å². The van der Waals surface area contributed by atoms with Gasteiger partial charge in [0.15, 0.2) is 0 Å². The third-order valence-electron chi connectivity index (χ3n) is 3.84. The fraction of sp³-hybridized carbons (Fsp3) is 0.562. The van der Waals surface area contributed by atoms with Crippen LogP contribution in [0.2, 0.25) is 0 Å². The Hall–Kier alpha value is -1.02. The molecule has 0 bridgehead atoms. The van der Waals surface area contributed by atoms with Crippen LogP contribution in [0.15, 0.2) is 30.3 Å². The fourth-order valence-corrected chi connectivity index (χ4v) is 2.93. The Morgan fingerprint density at radius 3 is 2.58 bits per heavy atom. The molecule has 19 heavy (non-hydrogen) atoms. The Balaban J connectivity index is 1.71. The normalized spacial score (nSPS) is 17.9. The molecule has 2 nitrogen and oxygen atoms in total. The highest BCUT2D eigenvalue weighted by Crippen LogP contribution is 2.26. The Labute approximate surface area is 120 Å². The van der Waals surface area contributed by atoms with Crippen LogP contribution < -0.4 is 5.32 Å². The van der Waals surface area contributed by atoms with Crippen LogP contribution in [0.3, 0.4) is 0 Å². The first-order chi connectivity index (χ1) is 9.25. The molecule has 1 aliphatic rings. The molecule has 0 aromatic heterocycles. The van der Waals surface area contributed by atoms with Crippen molar-refractivity contribution >= 4 is 17.5 Å². The molecule has 2 rings (SSSR count). The number of hydrogen-bond donors (Lipinski definition) is 1. The number of nitrogens with one attached hydrogen (secondary N) is 1. The van der Waals surface area contributed by atoms with E-state index in [1.165, 1.54) is 32.1 Å². The van der Waals surface area contributed by atoms with Crippen molar-refractivity contribution in [2.45, 2.75) is 43.9 Å². The summed E-state index contributed by atoms with van der Waals surface area (Å²) < 4.78 is 0. The second-order valence-electron chi connectivity index (χ2n) is 5.39. The summed E-state index contributed by atoms with van der Waals surface area (Å²) in [5.74, 6) is 0.729. The Morgan fingerprint density at radius 1 is 1.21 bits per heavy atom. The molecule has 1 unspecified atom stereocenters. The van der Waals surface area contributed by atoms with Gasteiger partial charge < -0.3 is 5.32 Å². The van der Waals surface area contributed by atoms with Gasteiger partial charge >= 0.3 is 0 Å². The minimum absolute atomic E-state index is 0.142. The number of alkyl halides is 1. The molecule has 1 atom stereocenters. The van der Waals surface area contributed by atoms with E-state index in [1.807, 2.05) is 30.3 Å². The highest BCUT2D eigenvalue weighted by atomic mass is 35.5. The van der Waals surface area contributed by atoms with Crippen molar-refractivity contribution in [3.8, 4) is 0 Å². The summed E-state index contributed by atoms with van der Waals surface area (Å²) in [4.78, 5) is 11.9. The average molecular weight is 280 g/mol. The van der Waals surface area contributed by atoms with Gasteiger partial charge in [-0.05, 0) is 24.3 Å². The summed E-state index contributed by atoms with van der Waals surface area (Å²) in [6.45, 7) is 0.511. The van der Waals surface area contributed by atoms with Gasteiger partial charge in [0.2, 0.25) is 5.91 Å². The van der Waals surface area contributed by atoms with E-state index in [2.05, 4.69) is 5.32 Å². The van der Waals surface area contributed by atoms with Crippen molar-refractivity contribution in [2.75, 3.05) is 6.54 Å². The zero-order chi connectivity index (χ0) is 13.5. The average Bonchev–Trinajstić information content (AvgIpc) is 2.47. The van der Waals surface area contributed by atoms with Gasteiger partial charge in [0.25, 0.3) is 0 Å². The number of carbonyl (C=O) groups excluding carboxylic acids is 1. The van der Waals surface area contributed by atoms with E-state index in [0.717, 1.165) is 5.56 Å². The van der Waals surface area contributed by atoms with E-state index >= 15 is 0 Å². The maximum absolute atomic E-state index is 11.9. The highest BCUT2D eigenvalue weighted by molar-refractivity contribution is 6.21. The zero-order valence-electron chi connectivity index (χ0n) is 11.3. The van der Waals surface area contributed by atoms with Crippen LogP contribution in [0.1, 0.15) is 49.5 Å². The van der Waals surface area contributed by atoms with Gasteiger partial charge in [0, 0.05) is 13.0 Å². The SMILES string of the molecule is O=C(CC1CCCCC1)NCC(Cl)c1ccccc1. The van der Waals surface area contributed by atoms with Crippen LogP contribution in [0.4, 0.5) is 0 Å². The summed E-state index contributed by atoms with van der Waals surface area (Å²) >= 11 is 6.28. The second-order valence-corrected chi connectivity index (χ2v) is 5.92. The Kier molecular flexibility index (Phi) is 5.71. The van der Waals surface area contributed by atoms with Crippen LogP contribution in [-0.4, -0.2) is 12.5 Å². The monoisotopic (exact) mass is 279 g/mol. The molecule has 0 saturated heterocycles. The fourth-order valence-electron chi connectivity index (χ4n) is 2.71. The maximum Gasteiger partial charge on any atom is 0.220 e. The van der Waals surface area contributed by atoms with E-state index in [4.69, 9.17) is 11.6 Å². The number of halogens is 1. The first-order valence-corrected chi connectivity index (χ1v) is 7.65. The topological polar surface area (TPSA) is 29.1 Å². The molecule has 1 fully saturated rings. The number of rotatable bonds is 5. The van der Waals surface area contributed by atoms with Crippen LogP contribution in [-0.2, 0) is 4.79 Å². The van der Waals surface area contributed by atoms with Crippen molar-refractivity contribution in [1.29, 1.82) is 0 Å². The molecule has 1 amide bonds. The van der Waals surface area contributed by atoms with Crippen molar-refractivity contribution in [1.82, 2.24) is 5.32 Å². The minimum atomic E-state index is -0.142. The first kappa shape index (κ1) is 14.4. The molecule has 1 aliphatic carbocycles. The van der Waals surface area contributed by atoms with Crippen molar-refractivity contribution in [3.05, 3.63) is 35.9 Å². The molecule has 1 aromatic rings. The molecule has 104 valence electrons. The summed E-state index contributed by atoms with van der Waals surface area (Å²) in [7, 11) is 0. The van der Waals surface area contributed by atoms with Crippen molar-refractivity contribution < 1.29 is 4.79 Å². The minimum Gasteiger partial charge on any atom is -0.354 e. The van der Waals surface area contributed by atoms with E-state index in [0.29, 0.717) is 18.9 Å². The lowest BCUT2D eigenvalue weighted by atomic mass is 9.87. The maximum atomic E-state index is 11.9. The van der Waals surface area contributed by atoms with Crippen LogP contribution in [0.25, 0.3) is 0 Å². The van der Waals surface area contributed by atoms with Gasteiger partial charge in [-0.15, -0.1) is 11.6 Å². The molecular weight excluding hydrogens is 258 g/mol. The second kappa shape index (κ2) is 7.54. The van der Waals surface area contributed by atoms with Gasteiger partial charge in [-0.25, -0.2) is 0 Å². The lowest BCUT2D eigenvalue weighted by molar-refractivity contribution is -0.122. The van der Waals surface area contributed by atoms with Crippen molar-refractivity contribution in [2.24, 2.45) is 5.92 Å². The summed E-state index contributed by atoms with van der Waals surface area (Å²) in [6.07, 6.45) is 6.96. The van der Waals surface area contributed by atoms with Crippen LogP contribution in [0.5, 0.6) is 0 Å². The molecule has 1 saturated carbocycles. The van der Waals surface area contributed by atoms with Crippen LogP contribution >= 0.6 is 11.6 Å². The standard InChI is InChI=1S/C16H22ClNO/c17-15(14-9-5-2-6-10-14)12-18-16(19)11-13-7-3-1-4-8-13/h2,5-6,9-10,13,15H,1,3-4,7-8,11-12H2,(H,18,19). The number of amides is 1. The predicted molar refractivity (Wildman–Crippen MR) is 79.2 cm³/mol. The zero-order valence-corrected chi connectivity index (χ0v) is 12.0. The number of hydrogen-bond acceptors (Lipinski definition) is 1. The predicted octanol–water partition coefficient (Wildman–Crippen LogP) is 4.05. The number of benzene rings is 1. The largest absolute Gasteiger partial charge is 0.354 e. The summed E-state index contributed by atoms with van der Waals surface area (Å²) in [5.41, 5.74) is 1.06. The van der Waals surface area contributed by atoms with E-state index in [9.17, 15) is 4.79 Å². The van der Waals surface area contributed by atoms with Gasteiger partial charge in [0.05, 0.1) is 5.38 Å². The first-order valence-electron chi connectivity index (χ1n) is 7.21. The Bertz CT molecular complexity index is 387. The molecular formula is C16H22ClNO. The lowest BCUT2D eigenvalue weighted by Crippen LogP contribution is -2.29. The molecule has 1 aromatic carbocycles. The van der Waals surface area contributed by atoms with Gasteiger partial charge in [-0.2, -0.15) is 0 Å². The highest BCUT2D eigenvalue weighted by Gasteiger charge is 2.17. The Morgan fingerprint density at radius 2 is 1.89 bits per heavy atom. The van der Waals surface area contributed by atoms with Gasteiger partial charge in [0.1, 0.15) is 0 Å². The molecule has 1 N–H and O–H groups in total. The third kappa shape index (κ3) is 4.87. The van der Waals surface area contributed by atoms with Gasteiger partial charge in [-0.3, -0.25) is 4.79 Å². The molecule has 0 radical (unpaired) electrons. The smallest absolute Gasteiger partial charge is 0.220 e. The van der Waals surface area contributed by atoms with Crippen molar-refractivity contribution in [3.63, 3.8) is 0 Å². The lowest BCUT2D eigenvalue weighted by Gasteiger charge is -2.21. The van der Waals surface area contributed by atoms with Crippen LogP contribution in [0, 0.1) is 5.92 Å². The molecule has 3 heteroatoms.